The van der Waals surface area contributed by atoms with Crippen LogP contribution in [0.4, 0.5) is 0 Å². The molecule has 2 heterocycles. The van der Waals surface area contributed by atoms with Crippen molar-refractivity contribution in [2.45, 2.75) is 64.5 Å². The molecule has 1 aromatic carbocycles. The third-order valence-electron chi connectivity index (χ3n) is 6.51. The summed E-state index contributed by atoms with van der Waals surface area (Å²) in [6.45, 7) is 7.31. The van der Waals surface area contributed by atoms with Gasteiger partial charge in [-0.3, -0.25) is 9.63 Å². The molecular formula is C22H30N2O4. The average Bonchev–Trinajstić information content (AvgIpc) is 2.80. The Morgan fingerprint density at radius 2 is 1.71 bits per heavy atom. The molecule has 0 aromatic heterocycles. The van der Waals surface area contributed by atoms with E-state index in [2.05, 4.69) is 12.1 Å². The number of aliphatic hydroxyl groups is 1. The number of nitrogens with zero attached hydrogens (tertiary/aromatic N) is 2. The van der Waals surface area contributed by atoms with Crippen LogP contribution >= 0.6 is 0 Å². The molecule has 6 heteroatoms. The Morgan fingerprint density at radius 3 is 2.21 bits per heavy atom. The van der Waals surface area contributed by atoms with E-state index in [1.807, 2.05) is 25.8 Å². The summed E-state index contributed by atoms with van der Waals surface area (Å²) in [5.41, 5.74) is 3.59. The molecule has 4 rings (SSSR count). The summed E-state index contributed by atoms with van der Waals surface area (Å²) in [4.78, 5) is 25.1. The molecule has 1 aromatic rings. The van der Waals surface area contributed by atoms with Crippen LogP contribution in [0.5, 0.6) is 0 Å². The Balaban J connectivity index is 1.78. The van der Waals surface area contributed by atoms with Crippen LogP contribution in [0.2, 0.25) is 0 Å². The maximum atomic E-state index is 13.5. The molecule has 0 unspecified atom stereocenters. The van der Waals surface area contributed by atoms with Crippen molar-refractivity contribution in [3.63, 3.8) is 0 Å². The Bertz CT molecular complexity index is 797. The van der Waals surface area contributed by atoms with Crippen LogP contribution in [-0.2, 0) is 14.5 Å². The largest absolute Gasteiger partial charge is 0.509 e. The fraction of sp³-hybridized carbons (Fsp3) is 0.591. The van der Waals surface area contributed by atoms with Crippen LogP contribution in [0.25, 0.3) is 5.57 Å². The second-order valence-corrected chi connectivity index (χ2v) is 8.40. The SMILES string of the molecule is CON1CCC2(CC1)C(O)=C(c1c(C)cc(C)cc1C)C(=O)N2OC1CCC1. The van der Waals surface area contributed by atoms with Gasteiger partial charge in [0, 0.05) is 13.1 Å². The molecule has 1 spiro atoms. The standard InChI is InChI=1S/C22H30N2O4/c1-14-12-15(2)18(16(3)13-14)19-20(25)22(8-10-23(27-4)11-9-22)24(21(19)26)28-17-6-5-7-17/h12-13,17,25H,5-11H2,1-4H3. The van der Waals surface area contributed by atoms with Gasteiger partial charge in [0.2, 0.25) is 0 Å². The van der Waals surface area contributed by atoms with E-state index in [4.69, 9.17) is 9.68 Å². The summed E-state index contributed by atoms with van der Waals surface area (Å²) in [7, 11) is 1.65. The highest BCUT2D eigenvalue weighted by atomic mass is 16.7. The molecule has 1 aliphatic carbocycles. The maximum absolute atomic E-state index is 13.5. The first kappa shape index (κ1) is 19.4. The van der Waals surface area contributed by atoms with E-state index in [0.717, 1.165) is 41.5 Å². The monoisotopic (exact) mass is 386 g/mol. The second-order valence-electron chi connectivity index (χ2n) is 8.40. The number of carbonyl (C=O) groups is 1. The van der Waals surface area contributed by atoms with Gasteiger partial charge in [-0.05, 0) is 69.6 Å². The van der Waals surface area contributed by atoms with Crippen molar-refractivity contribution in [3.8, 4) is 0 Å². The summed E-state index contributed by atoms with van der Waals surface area (Å²) in [5, 5.41) is 14.8. The number of aliphatic hydroxyl groups excluding tert-OH is 1. The lowest BCUT2D eigenvalue weighted by atomic mass is 9.85. The van der Waals surface area contributed by atoms with Gasteiger partial charge >= 0.3 is 0 Å². The molecule has 3 aliphatic rings. The van der Waals surface area contributed by atoms with Crippen molar-refractivity contribution >= 4 is 11.5 Å². The normalized spacial score (nSPS) is 23.0. The van der Waals surface area contributed by atoms with Gasteiger partial charge in [0.25, 0.3) is 5.91 Å². The minimum Gasteiger partial charge on any atom is -0.509 e. The number of aryl methyl sites for hydroxylation is 3. The zero-order valence-corrected chi connectivity index (χ0v) is 17.2. The van der Waals surface area contributed by atoms with Gasteiger partial charge in [0.15, 0.2) is 0 Å². The Morgan fingerprint density at radius 1 is 1.11 bits per heavy atom. The summed E-state index contributed by atoms with van der Waals surface area (Å²) in [6, 6.07) is 4.12. The van der Waals surface area contributed by atoms with Crippen LogP contribution in [0.3, 0.4) is 0 Å². The van der Waals surface area contributed by atoms with Gasteiger partial charge in [-0.25, -0.2) is 5.06 Å². The number of carbonyl (C=O) groups excluding carboxylic acids is 1. The predicted octanol–water partition coefficient (Wildman–Crippen LogP) is 3.60. The lowest BCUT2D eigenvalue weighted by Crippen LogP contribution is -2.56. The molecule has 2 fully saturated rings. The van der Waals surface area contributed by atoms with E-state index in [-0.39, 0.29) is 17.8 Å². The Hall–Kier alpha value is -1.89. The molecule has 6 nitrogen and oxygen atoms in total. The van der Waals surface area contributed by atoms with Crippen molar-refractivity contribution in [2.75, 3.05) is 20.2 Å². The molecule has 0 radical (unpaired) electrons. The predicted molar refractivity (Wildman–Crippen MR) is 106 cm³/mol. The van der Waals surface area contributed by atoms with Crippen LogP contribution in [0.1, 0.15) is 54.4 Å². The highest BCUT2D eigenvalue weighted by Crippen LogP contribution is 2.47. The minimum atomic E-state index is -0.805. The summed E-state index contributed by atoms with van der Waals surface area (Å²) in [6.07, 6.45) is 4.27. The van der Waals surface area contributed by atoms with E-state index in [1.54, 1.807) is 7.11 Å². The van der Waals surface area contributed by atoms with Gasteiger partial charge in [0.05, 0.1) is 18.8 Å². The second kappa shape index (κ2) is 7.17. The van der Waals surface area contributed by atoms with Crippen LogP contribution in [0, 0.1) is 20.8 Å². The van der Waals surface area contributed by atoms with Crippen molar-refractivity contribution in [2.24, 2.45) is 0 Å². The van der Waals surface area contributed by atoms with Crippen LogP contribution < -0.4 is 0 Å². The molecule has 1 amide bonds. The number of hydroxylamine groups is 4. The van der Waals surface area contributed by atoms with Gasteiger partial charge in [0.1, 0.15) is 11.3 Å². The number of amides is 1. The first-order valence-corrected chi connectivity index (χ1v) is 10.2. The topological polar surface area (TPSA) is 62.2 Å². The van der Waals surface area contributed by atoms with E-state index >= 15 is 0 Å². The van der Waals surface area contributed by atoms with E-state index in [0.29, 0.717) is 31.5 Å². The fourth-order valence-corrected chi connectivity index (χ4v) is 4.78. The quantitative estimate of drug-likeness (QED) is 0.857. The summed E-state index contributed by atoms with van der Waals surface area (Å²) >= 11 is 0. The first-order chi connectivity index (χ1) is 13.4. The molecule has 0 atom stereocenters. The number of piperidine rings is 1. The molecule has 28 heavy (non-hydrogen) atoms. The lowest BCUT2D eigenvalue weighted by Gasteiger charge is -2.44. The number of rotatable bonds is 4. The third kappa shape index (κ3) is 2.95. The van der Waals surface area contributed by atoms with Crippen molar-refractivity contribution in [3.05, 3.63) is 40.1 Å². The van der Waals surface area contributed by atoms with Crippen molar-refractivity contribution in [1.29, 1.82) is 0 Å². The zero-order chi connectivity index (χ0) is 20.1. The first-order valence-electron chi connectivity index (χ1n) is 10.2. The third-order valence-corrected chi connectivity index (χ3v) is 6.51. The maximum Gasteiger partial charge on any atom is 0.282 e. The van der Waals surface area contributed by atoms with Crippen LogP contribution in [-0.4, -0.2) is 53.0 Å². The highest BCUT2D eigenvalue weighted by Gasteiger charge is 2.56. The lowest BCUT2D eigenvalue weighted by molar-refractivity contribution is -0.260. The highest BCUT2D eigenvalue weighted by molar-refractivity contribution is 6.23. The summed E-state index contributed by atoms with van der Waals surface area (Å²) in [5.74, 6) is -0.0621. The van der Waals surface area contributed by atoms with Crippen LogP contribution in [0.15, 0.2) is 17.9 Å². The van der Waals surface area contributed by atoms with Gasteiger partial charge in [-0.2, -0.15) is 5.06 Å². The van der Waals surface area contributed by atoms with Gasteiger partial charge in [-0.15, -0.1) is 0 Å². The molecule has 0 bridgehead atoms. The van der Waals surface area contributed by atoms with E-state index < -0.39 is 5.54 Å². The fourth-order valence-electron chi connectivity index (χ4n) is 4.78. The summed E-state index contributed by atoms with van der Waals surface area (Å²) < 4.78 is 0. The van der Waals surface area contributed by atoms with Gasteiger partial charge in [-0.1, -0.05) is 17.7 Å². The van der Waals surface area contributed by atoms with E-state index in [9.17, 15) is 9.90 Å². The molecule has 1 saturated carbocycles. The number of benzene rings is 1. The van der Waals surface area contributed by atoms with E-state index in [1.165, 1.54) is 5.06 Å². The molecule has 1 saturated heterocycles. The molecule has 2 aliphatic heterocycles. The zero-order valence-electron chi connectivity index (χ0n) is 17.2. The Labute approximate surface area is 166 Å². The smallest absolute Gasteiger partial charge is 0.282 e. The van der Waals surface area contributed by atoms with Crippen molar-refractivity contribution < 1.29 is 19.6 Å². The minimum absolute atomic E-state index is 0.0636. The molecular weight excluding hydrogens is 356 g/mol. The number of hydrogen-bond acceptors (Lipinski definition) is 5. The molecule has 1 N–H and O–H groups in total. The number of hydrogen-bond donors (Lipinski definition) is 1. The Kier molecular flexibility index (Phi) is 4.98. The molecule has 152 valence electrons. The van der Waals surface area contributed by atoms with Crippen molar-refractivity contribution in [1.82, 2.24) is 10.1 Å². The average molecular weight is 386 g/mol. The van der Waals surface area contributed by atoms with Gasteiger partial charge < -0.3 is 9.94 Å².